The summed E-state index contributed by atoms with van der Waals surface area (Å²) in [6.45, 7) is 2.95. The molecule has 0 aromatic heterocycles. The average Bonchev–Trinajstić information content (AvgIpc) is 2.46. The molecule has 1 heterocycles. The van der Waals surface area contributed by atoms with Crippen molar-refractivity contribution < 1.29 is 17.9 Å². The zero-order valence-corrected chi connectivity index (χ0v) is 13.6. The summed E-state index contributed by atoms with van der Waals surface area (Å²) in [6.07, 6.45) is 1.68. The minimum absolute atomic E-state index is 0.104. The van der Waals surface area contributed by atoms with E-state index < -0.39 is 14.7 Å². The minimum Gasteiger partial charge on any atom is -0.377 e. The Morgan fingerprint density at radius 3 is 2.67 bits per heavy atom. The van der Waals surface area contributed by atoms with E-state index in [1.54, 1.807) is 24.1 Å². The molecule has 1 aliphatic heterocycles. The zero-order chi connectivity index (χ0) is 15.7. The number of hydrogen-bond acceptors (Lipinski definition) is 4. The minimum atomic E-state index is -3.96. The van der Waals surface area contributed by atoms with Crippen molar-refractivity contribution in [3.8, 4) is 0 Å². The van der Waals surface area contributed by atoms with Crippen LogP contribution in [0.15, 0.2) is 29.2 Å². The number of amides is 1. The summed E-state index contributed by atoms with van der Waals surface area (Å²) >= 11 is 0. The summed E-state index contributed by atoms with van der Waals surface area (Å²) in [7, 11) is 3.07. The third-order valence-corrected chi connectivity index (χ3v) is 5.20. The van der Waals surface area contributed by atoms with E-state index in [2.05, 4.69) is 0 Å². The molecule has 1 aromatic carbocycles. The molecule has 116 valence electrons. The molecule has 21 heavy (non-hydrogen) atoms. The third-order valence-electron chi connectivity index (χ3n) is 3.82. The SMILES string of the molecule is COC1(C)CCCN(C(=O)c2ccccc2S(=O)(=O)Cl)C1. The Bertz CT molecular complexity index is 646. The zero-order valence-electron chi connectivity index (χ0n) is 12.0. The fourth-order valence-electron chi connectivity index (χ4n) is 2.57. The summed E-state index contributed by atoms with van der Waals surface area (Å²) in [5.74, 6) is -0.335. The van der Waals surface area contributed by atoms with Gasteiger partial charge in [0.1, 0.15) is 0 Å². The summed E-state index contributed by atoms with van der Waals surface area (Å²) in [6, 6.07) is 5.99. The molecule has 0 radical (unpaired) electrons. The number of hydrogen-bond donors (Lipinski definition) is 0. The van der Waals surface area contributed by atoms with E-state index in [-0.39, 0.29) is 16.4 Å². The van der Waals surface area contributed by atoms with Crippen LogP contribution >= 0.6 is 10.7 Å². The first-order chi connectivity index (χ1) is 9.77. The number of ether oxygens (including phenoxy) is 1. The quantitative estimate of drug-likeness (QED) is 0.797. The Morgan fingerprint density at radius 1 is 1.38 bits per heavy atom. The first-order valence-corrected chi connectivity index (χ1v) is 8.96. The number of nitrogens with zero attached hydrogens (tertiary/aromatic N) is 1. The Labute approximate surface area is 129 Å². The molecule has 1 amide bonds. The third kappa shape index (κ3) is 3.56. The number of methoxy groups -OCH3 is 1. The van der Waals surface area contributed by atoms with Gasteiger partial charge in [0.25, 0.3) is 15.0 Å². The molecule has 1 atom stereocenters. The maximum atomic E-state index is 12.6. The van der Waals surface area contributed by atoms with Gasteiger partial charge in [0.2, 0.25) is 0 Å². The predicted octanol–water partition coefficient (Wildman–Crippen LogP) is 2.26. The van der Waals surface area contributed by atoms with E-state index >= 15 is 0 Å². The van der Waals surface area contributed by atoms with Gasteiger partial charge in [-0.05, 0) is 31.9 Å². The van der Waals surface area contributed by atoms with Gasteiger partial charge in [0.05, 0.1) is 16.1 Å². The van der Waals surface area contributed by atoms with Crippen LogP contribution in [0.25, 0.3) is 0 Å². The maximum absolute atomic E-state index is 12.6. The van der Waals surface area contributed by atoms with Crippen LogP contribution in [-0.2, 0) is 13.8 Å². The van der Waals surface area contributed by atoms with Crippen molar-refractivity contribution in [2.45, 2.75) is 30.3 Å². The van der Waals surface area contributed by atoms with E-state index in [1.165, 1.54) is 12.1 Å². The predicted molar refractivity (Wildman–Crippen MR) is 80.0 cm³/mol. The number of likely N-dealkylation sites (tertiary alicyclic amines) is 1. The molecule has 1 fully saturated rings. The van der Waals surface area contributed by atoms with Gasteiger partial charge in [0.15, 0.2) is 0 Å². The lowest BCUT2D eigenvalue weighted by molar-refractivity contribution is -0.0440. The molecule has 0 spiro atoms. The van der Waals surface area contributed by atoms with Crippen LogP contribution in [0.3, 0.4) is 0 Å². The molecule has 2 rings (SSSR count). The van der Waals surface area contributed by atoms with Crippen molar-refractivity contribution in [3.05, 3.63) is 29.8 Å². The van der Waals surface area contributed by atoms with Gasteiger partial charge >= 0.3 is 0 Å². The van der Waals surface area contributed by atoms with Crippen LogP contribution in [-0.4, -0.2) is 45.0 Å². The first-order valence-electron chi connectivity index (χ1n) is 6.65. The highest BCUT2D eigenvalue weighted by Crippen LogP contribution is 2.27. The molecule has 0 bridgehead atoms. The highest BCUT2D eigenvalue weighted by atomic mass is 35.7. The van der Waals surface area contributed by atoms with Crippen molar-refractivity contribution in [1.82, 2.24) is 4.90 Å². The number of halogens is 1. The number of benzene rings is 1. The Morgan fingerprint density at radius 2 is 2.05 bits per heavy atom. The topological polar surface area (TPSA) is 63.7 Å². The van der Waals surface area contributed by atoms with Crippen LogP contribution in [0.5, 0.6) is 0 Å². The summed E-state index contributed by atoms with van der Waals surface area (Å²) < 4.78 is 28.6. The van der Waals surface area contributed by atoms with Crippen molar-refractivity contribution in [2.24, 2.45) is 0 Å². The maximum Gasteiger partial charge on any atom is 0.262 e. The van der Waals surface area contributed by atoms with Gasteiger partial charge in [-0.15, -0.1) is 0 Å². The van der Waals surface area contributed by atoms with Gasteiger partial charge in [-0.25, -0.2) is 8.42 Å². The lowest BCUT2D eigenvalue weighted by Crippen LogP contribution is -2.49. The molecule has 1 aliphatic rings. The molecule has 7 heteroatoms. The summed E-state index contributed by atoms with van der Waals surface area (Å²) in [4.78, 5) is 14.1. The number of carbonyl (C=O) groups excluding carboxylic acids is 1. The molecule has 1 saturated heterocycles. The van der Waals surface area contributed by atoms with Crippen molar-refractivity contribution in [2.75, 3.05) is 20.2 Å². The highest BCUT2D eigenvalue weighted by molar-refractivity contribution is 8.13. The van der Waals surface area contributed by atoms with E-state index in [0.717, 1.165) is 12.8 Å². The summed E-state index contributed by atoms with van der Waals surface area (Å²) in [5.41, 5.74) is -0.296. The van der Waals surface area contributed by atoms with Crippen molar-refractivity contribution in [1.29, 1.82) is 0 Å². The molecule has 1 unspecified atom stereocenters. The van der Waals surface area contributed by atoms with Crippen LogP contribution < -0.4 is 0 Å². The molecule has 0 N–H and O–H groups in total. The highest BCUT2D eigenvalue weighted by Gasteiger charge is 2.34. The Hall–Kier alpha value is -1.11. The second kappa shape index (κ2) is 5.94. The molecular formula is C14H18ClNO4S. The smallest absolute Gasteiger partial charge is 0.262 e. The van der Waals surface area contributed by atoms with E-state index in [0.29, 0.717) is 13.1 Å². The normalized spacial score (nSPS) is 23.1. The Balaban J connectivity index is 2.33. The van der Waals surface area contributed by atoms with Gasteiger partial charge in [-0.3, -0.25) is 4.79 Å². The van der Waals surface area contributed by atoms with Crippen molar-refractivity contribution in [3.63, 3.8) is 0 Å². The first kappa shape index (κ1) is 16.3. The standard InChI is InChI=1S/C14H18ClNO4S/c1-14(20-2)8-5-9-16(10-14)13(17)11-6-3-4-7-12(11)21(15,18)19/h3-4,6-7H,5,8-10H2,1-2H3. The molecule has 0 saturated carbocycles. The van der Waals surface area contributed by atoms with Gasteiger partial charge < -0.3 is 9.64 Å². The van der Waals surface area contributed by atoms with Crippen LogP contribution in [0.4, 0.5) is 0 Å². The second-order valence-electron chi connectivity index (χ2n) is 5.42. The fourth-order valence-corrected chi connectivity index (χ4v) is 3.63. The molecule has 1 aromatic rings. The lowest BCUT2D eigenvalue weighted by Gasteiger charge is -2.39. The molecule has 5 nitrogen and oxygen atoms in total. The van der Waals surface area contributed by atoms with Gasteiger partial charge in [0, 0.05) is 30.9 Å². The molecular weight excluding hydrogens is 314 g/mol. The van der Waals surface area contributed by atoms with Crippen LogP contribution in [0.1, 0.15) is 30.1 Å². The summed E-state index contributed by atoms with van der Waals surface area (Å²) in [5, 5.41) is 0. The van der Waals surface area contributed by atoms with E-state index in [4.69, 9.17) is 15.4 Å². The monoisotopic (exact) mass is 331 g/mol. The van der Waals surface area contributed by atoms with E-state index in [1.807, 2.05) is 6.92 Å². The van der Waals surface area contributed by atoms with Crippen LogP contribution in [0, 0.1) is 0 Å². The largest absolute Gasteiger partial charge is 0.377 e. The lowest BCUT2D eigenvalue weighted by atomic mass is 9.94. The van der Waals surface area contributed by atoms with E-state index in [9.17, 15) is 13.2 Å². The Kier molecular flexibility index (Phi) is 4.60. The van der Waals surface area contributed by atoms with Gasteiger partial charge in [-0.2, -0.15) is 0 Å². The van der Waals surface area contributed by atoms with Crippen molar-refractivity contribution >= 4 is 25.6 Å². The number of piperidine rings is 1. The number of carbonyl (C=O) groups is 1. The molecule has 0 aliphatic carbocycles. The van der Waals surface area contributed by atoms with Gasteiger partial charge in [-0.1, -0.05) is 12.1 Å². The average molecular weight is 332 g/mol. The number of rotatable bonds is 3. The second-order valence-corrected chi connectivity index (χ2v) is 7.95. The fraction of sp³-hybridized carbons (Fsp3) is 0.500. The van der Waals surface area contributed by atoms with Crippen LogP contribution in [0.2, 0.25) is 0 Å².